The summed E-state index contributed by atoms with van der Waals surface area (Å²) < 4.78 is 60.5. The van der Waals surface area contributed by atoms with Gasteiger partial charge < -0.3 is 15.4 Å². The van der Waals surface area contributed by atoms with Gasteiger partial charge in [0.2, 0.25) is 19.0 Å². The van der Waals surface area contributed by atoms with Crippen LogP contribution in [0.4, 0.5) is 34.1 Å². The highest BCUT2D eigenvalue weighted by atomic mass is 32.2. The van der Waals surface area contributed by atoms with Gasteiger partial charge in [0.1, 0.15) is 6.29 Å². The topological polar surface area (TPSA) is 253 Å². The third-order valence-electron chi connectivity index (χ3n) is 9.56. The first-order valence-corrected chi connectivity index (χ1v) is 22.8. The van der Waals surface area contributed by atoms with Gasteiger partial charge in [0.15, 0.2) is 24.8 Å². The van der Waals surface area contributed by atoms with Gasteiger partial charge in [-0.3, -0.25) is 34.7 Å². The molecule has 0 saturated carbocycles. The Hall–Kier alpha value is -7.84. The fourth-order valence-corrected chi connectivity index (χ4v) is 8.92. The molecule has 0 spiro atoms. The zero-order valence-corrected chi connectivity index (χ0v) is 37.5. The summed E-state index contributed by atoms with van der Waals surface area (Å²) in [6.07, 6.45) is 7.32. The number of hydrogen-bond donors (Lipinski definition) is 7. The minimum atomic E-state index is -3.96. The number of nitrogens with one attached hydrogen (secondary N) is 7. The number of aldehydes is 1. The Balaban J connectivity index is 0.000000247. The van der Waals surface area contributed by atoms with Gasteiger partial charge in [0.05, 0.1) is 27.6 Å². The Kier molecular flexibility index (Phi) is 16.3. The van der Waals surface area contributed by atoms with Crippen molar-refractivity contribution in [2.75, 3.05) is 25.5 Å². The number of sulfonamides is 2. The van der Waals surface area contributed by atoms with Gasteiger partial charge in [-0.1, -0.05) is 24.3 Å². The zero-order chi connectivity index (χ0) is 47.1. The maximum atomic E-state index is 13.1. The van der Waals surface area contributed by atoms with Gasteiger partial charge in [-0.25, -0.2) is 22.4 Å². The molecule has 4 aromatic carbocycles. The summed E-state index contributed by atoms with van der Waals surface area (Å²) in [7, 11) is -7.84. The number of aryl methyl sites for hydroxylation is 2. The number of nitrogens with zero attached hydrogens (tertiary/aromatic N) is 3. The molecule has 0 atom stereocenters. The molecule has 0 aliphatic rings. The molecule has 18 nitrogen and oxygen atoms in total. The van der Waals surface area contributed by atoms with Crippen molar-refractivity contribution in [2.45, 2.75) is 57.0 Å². The van der Waals surface area contributed by atoms with Gasteiger partial charge in [0.25, 0.3) is 31.9 Å². The molecule has 20 heteroatoms. The van der Waals surface area contributed by atoms with Crippen LogP contribution in [0.5, 0.6) is 0 Å². The fraction of sp³-hybridized carbons (Fsp3) is 0.156. The van der Waals surface area contributed by atoms with Crippen LogP contribution in [-0.2, 0) is 52.3 Å². The number of carbonyl (C=O) groups excluding carboxylic acids is 4. The Morgan fingerprint density at radius 2 is 0.969 bits per heavy atom. The van der Waals surface area contributed by atoms with Gasteiger partial charge in [0, 0.05) is 47.0 Å². The summed E-state index contributed by atoms with van der Waals surface area (Å²) in [4.78, 5) is 46.8. The molecule has 7 N–H and O–H groups in total. The van der Waals surface area contributed by atoms with Crippen molar-refractivity contribution in [3.8, 4) is 0 Å². The van der Waals surface area contributed by atoms with Crippen molar-refractivity contribution in [3.05, 3.63) is 156 Å². The fourth-order valence-electron chi connectivity index (χ4n) is 6.31. The molecule has 3 amide bonds. The maximum Gasteiger partial charge on any atom is 0.290 e. The molecule has 2 heterocycles. The molecule has 65 heavy (non-hydrogen) atoms. The van der Waals surface area contributed by atoms with E-state index in [0.29, 0.717) is 51.5 Å². The summed E-state index contributed by atoms with van der Waals surface area (Å²) in [6.45, 7) is 7.11. The van der Waals surface area contributed by atoms with Crippen molar-refractivity contribution in [1.29, 1.82) is 5.53 Å². The number of aromatic nitrogens is 2. The predicted octanol–water partition coefficient (Wildman–Crippen LogP) is 5.76. The number of benzene rings is 4. The largest absolute Gasteiger partial charge is 0.320 e. The van der Waals surface area contributed by atoms with Crippen LogP contribution in [0.2, 0.25) is 0 Å². The number of carbonyl (C=O) groups is 4. The molecular weight excluding hydrogens is 873 g/mol. The van der Waals surface area contributed by atoms with Crippen molar-refractivity contribution in [2.24, 2.45) is 5.11 Å². The molecule has 336 valence electrons. The third kappa shape index (κ3) is 13.6. The number of anilines is 5. The molecule has 0 radical (unpaired) electrons. The summed E-state index contributed by atoms with van der Waals surface area (Å²) in [5.74, 6) is -1.03. The standard InChI is InChI=1S/C24H25N5O5S.C21H21N5O3S/c1-17-6-11-21(18(2)24(17)25-23(32)16-29-13-4-3-5-14-29)35(33,34)28-20-9-7-19(8-10-20)26-27-22(31)12-15-30;1-15-6-11-19(30(28,29)25-18-9-7-17(24-22)8-10-18)16(2)21(15)23-20(27)14-26-12-4-3-5-13-26/h3-11,13-15,26,28H,12,16H2,1-2H3,(H-,25,27,31,32);3-13H,14H2,1-2H3,(H2-,22,23,25,27)/p+2. The van der Waals surface area contributed by atoms with Crippen LogP contribution < -0.4 is 40.1 Å². The van der Waals surface area contributed by atoms with E-state index >= 15 is 0 Å². The van der Waals surface area contributed by atoms with E-state index in [2.05, 4.69) is 36.0 Å². The maximum absolute atomic E-state index is 13.1. The lowest BCUT2D eigenvalue weighted by molar-refractivity contribution is -0.684. The van der Waals surface area contributed by atoms with Crippen molar-refractivity contribution in [3.63, 3.8) is 0 Å². The van der Waals surface area contributed by atoms with E-state index in [1.165, 1.54) is 36.4 Å². The highest BCUT2D eigenvalue weighted by molar-refractivity contribution is 7.93. The zero-order valence-electron chi connectivity index (χ0n) is 35.8. The minimum absolute atomic E-state index is 0.0362. The monoisotopic (exact) mass is 920 g/mol. The van der Waals surface area contributed by atoms with Crippen LogP contribution in [0.25, 0.3) is 0 Å². The van der Waals surface area contributed by atoms with Crippen LogP contribution in [0.1, 0.15) is 28.7 Å². The molecular formula is C45H48N10O8S2+2. The first-order valence-electron chi connectivity index (χ1n) is 19.8. The number of hydrogen-bond acceptors (Lipinski definition) is 11. The second-order valence-electron chi connectivity index (χ2n) is 14.4. The molecule has 0 aliphatic heterocycles. The first-order chi connectivity index (χ1) is 31.0. The highest BCUT2D eigenvalue weighted by Crippen LogP contribution is 2.30. The number of pyridine rings is 2. The lowest BCUT2D eigenvalue weighted by atomic mass is 10.1. The van der Waals surface area contributed by atoms with Crippen LogP contribution in [-0.4, -0.2) is 40.8 Å². The van der Waals surface area contributed by atoms with E-state index < -0.39 is 26.0 Å². The Labute approximate surface area is 376 Å². The van der Waals surface area contributed by atoms with Gasteiger partial charge in [-0.05, 0) is 111 Å². The van der Waals surface area contributed by atoms with Crippen molar-refractivity contribution in [1.82, 2.24) is 5.43 Å². The molecule has 0 unspecified atom stereocenters. The molecule has 6 rings (SSSR count). The predicted molar refractivity (Wildman–Crippen MR) is 244 cm³/mol. The Morgan fingerprint density at radius 1 is 0.569 bits per heavy atom. The summed E-state index contributed by atoms with van der Waals surface area (Å²) >= 11 is 0. The van der Waals surface area contributed by atoms with Crippen LogP contribution in [0, 0.1) is 33.2 Å². The first kappa shape index (κ1) is 48.2. The van der Waals surface area contributed by atoms with Gasteiger partial charge >= 0.3 is 0 Å². The van der Waals surface area contributed by atoms with Crippen LogP contribution in [0.3, 0.4) is 0 Å². The second kappa shape index (κ2) is 22.0. The lowest BCUT2D eigenvalue weighted by Gasteiger charge is -2.16. The van der Waals surface area contributed by atoms with E-state index in [1.54, 1.807) is 91.1 Å². The molecule has 0 aliphatic carbocycles. The van der Waals surface area contributed by atoms with E-state index in [0.717, 1.165) is 11.1 Å². The van der Waals surface area contributed by atoms with Crippen molar-refractivity contribution >= 4 is 78.2 Å². The number of rotatable bonds is 17. The van der Waals surface area contributed by atoms with Crippen LogP contribution in [0.15, 0.2) is 149 Å². The van der Waals surface area contributed by atoms with E-state index in [4.69, 9.17) is 5.53 Å². The quantitative estimate of drug-likeness (QED) is 0.0193. The minimum Gasteiger partial charge on any atom is -0.320 e. The summed E-state index contributed by atoms with van der Waals surface area (Å²) in [5, 5.41) is 8.95. The summed E-state index contributed by atoms with van der Waals surface area (Å²) in [5.41, 5.74) is 16.8. The Morgan fingerprint density at radius 3 is 1.37 bits per heavy atom. The Bertz CT molecular complexity index is 2900. The number of hydrazine groups is 1. The molecule has 0 bridgehead atoms. The average Bonchev–Trinajstić information content (AvgIpc) is 3.27. The van der Waals surface area contributed by atoms with E-state index in [9.17, 15) is 36.0 Å². The molecule has 2 aromatic heterocycles. The van der Waals surface area contributed by atoms with Gasteiger partial charge in [-0.15, -0.1) is 0 Å². The number of amides is 3. The molecule has 0 fully saturated rings. The SMILES string of the molecule is Cc1ccc(S(=O)(=O)Nc2ccc(N=N)cc2)c(C)c1NC(=O)C[n+]1ccccc1.Cc1ccc(S(=O)(=O)Nc2ccc(NNC(=O)CC=O)cc2)c(C)c1NC(=O)C[n+]1ccccc1. The van der Waals surface area contributed by atoms with Crippen LogP contribution >= 0.6 is 0 Å². The van der Waals surface area contributed by atoms with Gasteiger partial charge in [-0.2, -0.15) is 14.2 Å². The van der Waals surface area contributed by atoms with E-state index in [1.807, 2.05) is 43.3 Å². The molecule has 0 saturated heterocycles. The average molecular weight is 921 g/mol. The van der Waals surface area contributed by atoms with E-state index in [-0.39, 0.29) is 41.1 Å². The third-order valence-corrected chi connectivity index (χ3v) is 12.6. The smallest absolute Gasteiger partial charge is 0.290 e. The highest BCUT2D eigenvalue weighted by Gasteiger charge is 2.23. The van der Waals surface area contributed by atoms with Crippen molar-refractivity contribution < 1.29 is 45.1 Å². The normalized spacial score (nSPS) is 10.9. The second-order valence-corrected chi connectivity index (χ2v) is 17.7. The molecule has 6 aromatic rings. The lowest BCUT2D eigenvalue weighted by Crippen LogP contribution is -2.39. The summed E-state index contributed by atoms with van der Waals surface area (Å²) in [6, 6.07) is 29.6.